The first-order chi connectivity index (χ1) is 16.2. The second kappa shape index (κ2) is 10.6. The number of sulfonamides is 1. The number of piperidine rings is 1. The summed E-state index contributed by atoms with van der Waals surface area (Å²) < 4.78 is 37.1. The quantitative estimate of drug-likeness (QED) is 0.404. The number of carbonyl (C=O) groups excluding carboxylic acids is 1. The minimum Gasteiger partial charge on any atom is -0.380 e. The molecule has 184 valence electrons. The van der Waals surface area contributed by atoms with Crippen LogP contribution in [0, 0.1) is 13.8 Å². The van der Waals surface area contributed by atoms with E-state index in [1.807, 2.05) is 25.3 Å². The molecule has 1 aliphatic rings. The zero-order valence-electron chi connectivity index (χ0n) is 19.4. The highest BCUT2D eigenvalue weighted by molar-refractivity contribution is 7.91. The highest BCUT2D eigenvalue weighted by Crippen LogP contribution is 2.32. The number of rotatable bonds is 7. The van der Waals surface area contributed by atoms with E-state index in [0.29, 0.717) is 48.3 Å². The molecule has 0 bridgehead atoms. The van der Waals surface area contributed by atoms with Gasteiger partial charge < -0.3 is 9.30 Å². The number of hydrogen-bond acceptors (Lipinski definition) is 6. The van der Waals surface area contributed by atoms with Gasteiger partial charge in [0.05, 0.1) is 21.2 Å². The van der Waals surface area contributed by atoms with Crippen molar-refractivity contribution in [2.45, 2.75) is 56.8 Å². The van der Waals surface area contributed by atoms with Gasteiger partial charge in [-0.25, -0.2) is 8.42 Å². The molecule has 1 unspecified atom stereocenters. The fraction of sp³-hybridized carbons (Fsp3) is 0.478. The molecule has 1 atom stereocenters. The Hall–Kier alpha value is -1.56. The Bertz CT molecular complexity index is 1370. The van der Waals surface area contributed by atoms with E-state index < -0.39 is 22.0 Å². The molecule has 1 aliphatic heterocycles. The largest absolute Gasteiger partial charge is 0.380 e. The molecular formula is C23H28ClN3O4S3. The second-order valence-electron chi connectivity index (χ2n) is 8.30. The van der Waals surface area contributed by atoms with E-state index in [4.69, 9.17) is 16.3 Å². The number of fused-ring (bicyclic) bond motifs is 1. The minimum atomic E-state index is -3.83. The maximum absolute atomic E-state index is 13.4. The molecule has 7 nitrogen and oxygen atoms in total. The molecule has 1 amide bonds. The summed E-state index contributed by atoms with van der Waals surface area (Å²) in [6.45, 7) is 7.99. The highest BCUT2D eigenvalue weighted by atomic mass is 35.5. The molecule has 2 aromatic heterocycles. The summed E-state index contributed by atoms with van der Waals surface area (Å²) in [6, 6.07) is 6.43. The van der Waals surface area contributed by atoms with Crippen LogP contribution in [0.2, 0.25) is 4.34 Å². The number of aromatic nitrogens is 1. The number of thiazole rings is 1. The van der Waals surface area contributed by atoms with Crippen molar-refractivity contribution in [3.63, 3.8) is 0 Å². The van der Waals surface area contributed by atoms with E-state index in [2.05, 4.69) is 17.1 Å². The van der Waals surface area contributed by atoms with Gasteiger partial charge in [0.2, 0.25) is 0 Å². The SMILES string of the molecule is CCOCCn1c(=NC(=O)C2CCCCN2S(=O)(=O)c2ccc(Cl)s2)sc2c(C)cc(C)cc21. The Labute approximate surface area is 212 Å². The molecule has 0 N–H and O–H groups in total. The van der Waals surface area contributed by atoms with Crippen LogP contribution in [0.25, 0.3) is 10.2 Å². The number of ether oxygens (including phenoxy) is 1. The van der Waals surface area contributed by atoms with E-state index in [0.717, 1.165) is 39.1 Å². The molecule has 3 aromatic rings. The van der Waals surface area contributed by atoms with Gasteiger partial charge in [-0.05, 0) is 62.9 Å². The highest BCUT2D eigenvalue weighted by Gasteiger charge is 2.38. The molecule has 0 radical (unpaired) electrons. The predicted octanol–water partition coefficient (Wildman–Crippen LogP) is 4.74. The van der Waals surface area contributed by atoms with E-state index >= 15 is 0 Å². The average Bonchev–Trinajstić information content (AvgIpc) is 3.38. The van der Waals surface area contributed by atoms with E-state index in [-0.39, 0.29) is 4.21 Å². The van der Waals surface area contributed by atoms with Gasteiger partial charge in [0.25, 0.3) is 15.9 Å². The summed E-state index contributed by atoms with van der Waals surface area (Å²) in [4.78, 5) is 18.5. The normalized spacial score (nSPS) is 18.1. The lowest BCUT2D eigenvalue weighted by atomic mass is 10.0. The van der Waals surface area contributed by atoms with Crippen LogP contribution in [0.15, 0.2) is 33.5 Å². The number of thiophene rings is 1. The third-order valence-corrected chi connectivity index (χ3v) is 10.7. The van der Waals surface area contributed by atoms with Crippen molar-refractivity contribution < 1.29 is 17.9 Å². The van der Waals surface area contributed by atoms with Crippen molar-refractivity contribution in [1.29, 1.82) is 0 Å². The lowest BCUT2D eigenvalue weighted by Gasteiger charge is -2.31. The number of benzene rings is 1. The summed E-state index contributed by atoms with van der Waals surface area (Å²) in [5, 5.41) is 0. The molecular weight excluding hydrogens is 514 g/mol. The third-order valence-electron chi connectivity index (χ3n) is 5.83. The molecule has 34 heavy (non-hydrogen) atoms. The monoisotopic (exact) mass is 541 g/mol. The van der Waals surface area contributed by atoms with Crippen molar-refractivity contribution >= 4 is 60.4 Å². The van der Waals surface area contributed by atoms with Crippen LogP contribution in [-0.2, 0) is 26.1 Å². The molecule has 1 fully saturated rings. The van der Waals surface area contributed by atoms with Gasteiger partial charge in [0, 0.05) is 19.7 Å². The number of aryl methyl sites for hydroxylation is 2. The number of nitrogens with zero attached hydrogens (tertiary/aromatic N) is 3. The van der Waals surface area contributed by atoms with E-state index in [1.54, 1.807) is 6.07 Å². The summed E-state index contributed by atoms with van der Waals surface area (Å²) in [5.41, 5.74) is 3.26. The van der Waals surface area contributed by atoms with Crippen LogP contribution in [0.4, 0.5) is 0 Å². The molecule has 0 spiro atoms. The van der Waals surface area contributed by atoms with Crippen molar-refractivity contribution in [1.82, 2.24) is 8.87 Å². The van der Waals surface area contributed by atoms with E-state index in [1.165, 1.54) is 21.7 Å². The Morgan fingerprint density at radius 2 is 2.03 bits per heavy atom. The van der Waals surface area contributed by atoms with Gasteiger partial charge in [-0.1, -0.05) is 35.4 Å². The first kappa shape index (κ1) is 25.5. The van der Waals surface area contributed by atoms with Gasteiger partial charge in [0.1, 0.15) is 10.3 Å². The van der Waals surface area contributed by atoms with Gasteiger partial charge in [-0.2, -0.15) is 9.30 Å². The van der Waals surface area contributed by atoms with Crippen LogP contribution >= 0.6 is 34.3 Å². The topological polar surface area (TPSA) is 81.0 Å². The van der Waals surface area contributed by atoms with Gasteiger partial charge in [-0.3, -0.25) is 4.79 Å². The van der Waals surface area contributed by atoms with Gasteiger partial charge in [0.15, 0.2) is 4.80 Å². The molecule has 11 heteroatoms. The van der Waals surface area contributed by atoms with Gasteiger partial charge in [-0.15, -0.1) is 11.3 Å². The lowest BCUT2D eigenvalue weighted by molar-refractivity contribution is -0.122. The maximum Gasteiger partial charge on any atom is 0.266 e. The number of halogens is 1. The van der Waals surface area contributed by atoms with Gasteiger partial charge >= 0.3 is 0 Å². The van der Waals surface area contributed by atoms with Crippen molar-refractivity contribution in [3.8, 4) is 0 Å². The van der Waals surface area contributed by atoms with Crippen molar-refractivity contribution in [2.24, 2.45) is 4.99 Å². The molecule has 4 rings (SSSR count). The maximum atomic E-state index is 13.4. The van der Waals surface area contributed by atoms with Crippen molar-refractivity contribution in [3.05, 3.63) is 44.5 Å². The fourth-order valence-corrected chi connectivity index (χ4v) is 8.65. The van der Waals surface area contributed by atoms with Crippen LogP contribution in [0.1, 0.15) is 37.3 Å². The van der Waals surface area contributed by atoms with Crippen LogP contribution < -0.4 is 4.80 Å². The summed E-state index contributed by atoms with van der Waals surface area (Å²) >= 11 is 8.44. The number of carbonyl (C=O) groups is 1. The van der Waals surface area contributed by atoms with E-state index in [9.17, 15) is 13.2 Å². The summed E-state index contributed by atoms with van der Waals surface area (Å²) in [7, 11) is -3.83. The number of hydrogen-bond donors (Lipinski definition) is 0. The van der Waals surface area contributed by atoms with Crippen LogP contribution in [0.3, 0.4) is 0 Å². The zero-order valence-corrected chi connectivity index (χ0v) is 22.6. The molecule has 1 saturated heterocycles. The molecule has 1 aromatic carbocycles. The minimum absolute atomic E-state index is 0.150. The molecule has 0 aliphatic carbocycles. The standard InChI is InChI=1S/C23H28ClN3O4S3/c1-4-31-12-11-26-18-14-15(2)13-16(3)21(18)33-23(26)25-22(28)17-7-5-6-10-27(17)34(29,30)20-9-8-19(24)32-20/h8-9,13-14,17H,4-7,10-12H2,1-3H3. The Morgan fingerprint density at radius 1 is 1.24 bits per heavy atom. The smallest absolute Gasteiger partial charge is 0.266 e. The Morgan fingerprint density at radius 3 is 2.74 bits per heavy atom. The lowest BCUT2D eigenvalue weighted by Crippen LogP contribution is -2.47. The summed E-state index contributed by atoms with van der Waals surface area (Å²) in [6.07, 6.45) is 1.93. The number of amides is 1. The Balaban J connectivity index is 1.75. The summed E-state index contributed by atoms with van der Waals surface area (Å²) in [5.74, 6) is -0.433. The Kier molecular flexibility index (Phi) is 7.95. The van der Waals surface area contributed by atoms with Crippen LogP contribution in [0.5, 0.6) is 0 Å². The predicted molar refractivity (Wildman–Crippen MR) is 137 cm³/mol. The zero-order chi connectivity index (χ0) is 24.5. The third kappa shape index (κ3) is 5.17. The second-order valence-corrected chi connectivity index (χ2v) is 13.1. The molecule has 0 saturated carbocycles. The first-order valence-corrected chi connectivity index (χ1v) is 14.7. The molecule has 3 heterocycles. The first-order valence-electron chi connectivity index (χ1n) is 11.3. The fourth-order valence-electron chi connectivity index (χ4n) is 4.27. The van der Waals surface area contributed by atoms with Crippen LogP contribution in [-0.4, -0.2) is 49.0 Å². The average molecular weight is 542 g/mol. The van der Waals surface area contributed by atoms with Crippen molar-refractivity contribution in [2.75, 3.05) is 19.8 Å².